The summed E-state index contributed by atoms with van der Waals surface area (Å²) in [7, 11) is 1.58. The Balaban J connectivity index is 1.91. The van der Waals surface area contributed by atoms with Crippen LogP contribution in [0.3, 0.4) is 0 Å². The number of hydrogen-bond acceptors (Lipinski definition) is 3. The molecule has 0 aliphatic rings. The van der Waals surface area contributed by atoms with Gasteiger partial charge in [-0.1, -0.05) is 77.3 Å². The summed E-state index contributed by atoms with van der Waals surface area (Å²) < 4.78 is 0. The van der Waals surface area contributed by atoms with E-state index in [-0.39, 0.29) is 24.1 Å². The number of thioether (sulfide) groups is 1. The first-order chi connectivity index (χ1) is 15.9. The molecule has 0 aliphatic heterocycles. The van der Waals surface area contributed by atoms with Gasteiger partial charge in [0.15, 0.2) is 0 Å². The Bertz CT molecular complexity index is 1070. The lowest BCUT2D eigenvalue weighted by Gasteiger charge is -2.31. The van der Waals surface area contributed by atoms with E-state index in [0.29, 0.717) is 22.0 Å². The number of amides is 2. The minimum Gasteiger partial charge on any atom is -0.357 e. The van der Waals surface area contributed by atoms with Crippen molar-refractivity contribution in [3.05, 3.63) is 99.5 Å². The van der Waals surface area contributed by atoms with Gasteiger partial charge in [0.25, 0.3) is 0 Å². The molecule has 1 unspecified atom stereocenters. The Labute approximate surface area is 209 Å². The number of hydrogen-bond donors (Lipinski definition) is 1. The van der Waals surface area contributed by atoms with Gasteiger partial charge in [-0.3, -0.25) is 9.59 Å². The smallest absolute Gasteiger partial charge is 0.242 e. The van der Waals surface area contributed by atoms with Crippen molar-refractivity contribution in [1.82, 2.24) is 10.2 Å². The van der Waals surface area contributed by atoms with E-state index in [4.69, 9.17) is 23.2 Å². The van der Waals surface area contributed by atoms with Gasteiger partial charge in [0.05, 0.1) is 5.75 Å². The number of carbonyl (C=O) groups excluding carboxylic acids is 2. The van der Waals surface area contributed by atoms with Crippen LogP contribution >= 0.6 is 35.0 Å². The molecule has 7 heteroatoms. The first kappa shape index (κ1) is 25.2. The number of aryl methyl sites for hydroxylation is 1. The van der Waals surface area contributed by atoms with E-state index in [0.717, 1.165) is 16.0 Å². The summed E-state index contributed by atoms with van der Waals surface area (Å²) in [4.78, 5) is 29.0. The van der Waals surface area contributed by atoms with Crippen LogP contribution in [0.5, 0.6) is 0 Å². The topological polar surface area (TPSA) is 49.4 Å². The highest BCUT2D eigenvalue weighted by atomic mass is 35.5. The highest BCUT2D eigenvalue weighted by molar-refractivity contribution is 8.00. The van der Waals surface area contributed by atoms with E-state index >= 15 is 0 Å². The van der Waals surface area contributed by atoms with E-state index in [1.54, 1.807) is 30.1 Å². The van der Waals surface area contributed by atoms with Crippen LogP contribution in [0.4, 0.5) is 0 Å². The molecule has 33 heavy (non-hydrogen) atoms. The maximum absolute atomic E-state index is 13.5. The zero-order valence-corrected chi connectivity index (χ0v) is 20.9. The lowest BCUT2D eigenvalue weighted by Crippen LogP contribution is -2.50. The average molecular weight is 501 g/mol. The Kier molecular flexibility index (Phi) is 9.24. The highest BCUT2D eigenvalue weighted by Gasteiger charge is 2.30. The van der Waals surface area contributed by atoms with Crippen LogP contribution < -0.4 is 5.32 Å². The average Bonchev–Trinajstić information content (AvgIpc) is 2.82. The maximum Gasteiger partial charge on any atom is 0.242 e. The molecule has 0 saturated heterocycles. The summed E-state index contributed by atoms with van der Waals surface area (Å²) in [6, 6.07) is 22.2. The summed E-state index contributed by atoms with van der Waals surface area (Å²) >= 11 is 14.3. The predicted octanol–water partition coefficient (Wildman–Crippen LogP) is 5.78. The molecule has 0 radical (unpaired) electrons. The molecule has 0 spiro atoms. The van der Waals surface area contributed by atoms with Crippen molar-refractivity contribution in [3.63, 3.8) is 0 Å². The third kappa shape index (κ3) is 7.00. The molecular formula is C26H26Cl2N2O2S. The third-order valence-electron chi connectivity index (χ3n) is 5.29. The van der Waals surface area contributed by atoms with Crippen molar-refractivity contribution in [2.45, 2.75) is 30.8 Å². The van der Waals surface area contributed by atoms with Gasteiger partial charge >= 0.3 is 0 Å². The van der Waals surface area contributed by atoms with Crippen molar-refractivity contribution in [2.24, 2.45) is 0 Å². The van der Waals surface area contributed by atoms with E-state index in [1.807, 2.05) is 61.5 Å². The number of nitrogens with one attached hydrogen (secondary N) is 1. The van der Waals surface area contributed by atoms with Crippen LogP contribution in [0.15, 0.2) is 77.7 Å². The van der Waals surface area contributed by atoms with Crippen molar-refractivity contribution in [3.8, 4) is 0 Å². The minimum atomic E-state index is -0.712. The van der Waals surface area contributed by atoms with Crippen LogP contribution in [0.25, 0.3) is 0 Å². The molecule has 3 aromatic rings. The summed E-state index contributed by atoms with van der Waals surface area (Å²) in [6.07, 6.45) is 0.378. The van der Waals surface area contributed by atoms with Crippen LogP contribution in [0, 0.1) is 6.92 Å². The molecule has 0 aromatic heterocycles. The van der Waals surface area contributed by atoms with Crippen molar-refractivity contribution in [2.75, 3.05) is 12.8 Å². The SMILES string of the molecule is CNC(=O)C(Cc1ccccc1)N(Cc1c(Cl)cccc1Cl)C(=O)CSc1ccc(C)cc1. The maximum atomic E-state index is 13.5. The molecule has 0 bridgehead atoms. The summed E-state index contributed by atoms with van der Waals surface area (Å²) in [5.41, 5.74) is 2.74. The fraction of sp³-hybridized carbons (Fsp3) is 0.231. The van der Waals surface area contributed by atoms with Gasteiger partial charge in [0, 0.05) is 40.5 Å². The van der Waals surface area contributed by atoms with Crippen LogP contribution in [0.2, 0.25) is 10.0 Å². The Morgan fingerprint density at radius 3 is 2.18 bits per heavy atom. The van der Waals surface area contributed by atoms with Crippen LogP contribution in [0.1, 0.15) is 16.7 Å². The molecule has 0 heterocycles. The number of likely N-dealkylation sites (N-methyl/N-ethyl adjacent to an activating group) is 1. The van der Waals surface area contributed by atoms with E-state index in [9.17, 15) is 9.59 Å². The predicted molar refractivity (Wildman–Crippen MR) is 137 cm³/mol. The van der Waals surface area contributed by atoms with E-state index in [1.165, 1.54) is 11.8 Å². The lowest BCUT2D eigenvalue weighted by atomic mass is 10.0. The van der Waals surface area contributed by atoms with E-state index in [2.05, 4.69) is 5.32 Å². The van der Waals surface area contributed by atoms with Gasteiger partial charge in [-0.2, -0.15) is 0 Å². The normalized spacial score (nSPS) is 11.6. The van der Waals surface area contributed by atoms with Gasteiger partial charge in [-0.05, 0) is 36.8 Å². The fourth-order valence-electron chi connectivity index (χ4n) is 3.44. The number of rotatable bonds is 9. The molecule has 0 fully saturated rings. The second-order valence-electron chi connectivity index (χ2n) is 7.64. The number of benzene rings is 3. The highest BCUT2D eigenvalue weighted by Crippen LogP contribution is 2.28. The summed E-state index contributed by atoms with van der Waals surface area (Å²) in [5.74, 6) is -0.218. The van der Waals surface area contributed by atoms with Crippen LogP contribution in [-0.2, 0) is 22.6 Å². The van der Waals surface area contributed by atoms with Gasteiger partial charge in [-0.25, -0.2) is 0 Å². The zero-order chi connectivity index (χ0) is 23.8. The third-order valence-corrected chi connectivity index (χ3v) is 7.00. The second-order valence-corrected chi connectivity index (χ2v) is 9.51. The quantitative estimate of drug-likeness (QED) is 0.378. The fourth-order valence-corrected chi connectivity index (χ4v) is 4.74. The van der Waals surface area contributed by atoms with Crippen LogP contribution in [-0.4, -0.2) is 35.6 Å². The Morgan fingerprint density at radius 2 is 1.58 bits per heavy atom. The minimum absolute atomic E-state index is 0.136. The second kappa shape index (κ2) is 12.1. The summed E-state index contributed by atoms with van der Waals surface area (Å²) in [5, 5.41) is 3.63. The largest absolute Gasteiger partial charge is 0.357 e. The molecule has 1 N–H and O–H groups in total. The molecule has 0 saturated carbocycles. The molecular weight excluding hydrogens is 475 g/mol. The van der Waals surface area contributed by atoms with Gasteiger partial charge in [0.2, 0.25) is 11.8 Å². The lowest BCUT2D eigenvalue weighted by molar-refractivity contribution is -0.139. The molecule has 3 rings (SSSR count). The summed E-state index contributed by atoms with van der Waals surface area (Å²) in [6.45, 7) is 2.16. The number of carbonyl (C=O) groups is 2. The van der Waals surface area contributed by atoms with Crippen molar-refractivity contribution >= 4 is 46.8 Å². The zero-order valence-electron chi connectivity index (χ0n) is 18.6. The van der Waals surface area contributed by atoms with Gasteiger partial charge < -0.3 is 10.2 Å². The Morgan fingerprint density at radius 1 is 0.939 bits per heavy atom. The van der Waals surface area contributed by atoms with Gasteiger partial charge in [0.1, 0.15) is 6.04 Å². The molecule has 1 atom stereocenters. The molecule has 172 valence electrons. The number of halogens is 2. The monoisotopic (exact) mass is 500 g/mol. The first-order valence-electron chi connectivity index (χ1n) is 10.6. The molecule has 0 aliphatic carbocycles. The van der Waals surface area contributed by atoms with Crippen molar-refractivity contribution < 1.29 is 9.59 Å². The molecule has 3 aromatic carbocycles. The van der Waals surface area contributed by atoms with Crippen molar-refractivity contribution in [1.29, 1.82) is 0 Å². The molecule has 4 nitrogen and oxygen atoms in total. The molecule has 2 amide bonds. The number of nitrogens with zero attached hydrogens (tertiary/aromatic N) is 1. The Hall–Kier alpha value is -2.47. The van der Waals surface area contributed by atoms with E-state index < -0.39 is 6.04 Å². The van der Waals surface area contributed by atoms with Gasteiger partial charge in [-0.15, -0.1) is 11.8 Å². The standard InChI is InChI=1S/C26H26Cl2N2O2S/c1-18-11-13-20(14-12-18)33-17-25(31)30(16-21-22(27)9-6-10-23(21)28)24(26(32)29-2)15-19-7-4-3-5-8-19/h3-14,24H,15-17H2,1-2H3,(H,29,32). The first-order valence-corrected chi connectivity index (χ1v) is 12.3.